The first kappa shape index (κ1) is 21.3. The Labute approximate surface area is 191 Å². The van der Waals surface area contributed by atoms with Crippen molar-refractivity contribution in [1.82, 2.24) is 24.3 Å². The van der Waals surface area contributed by atoms with Crippen LogP contribution in [-0.4, -0.2) is 48.4 Å². The molecule has 0 atom stereocenters. The summed E-state index contributed by atoms with van der Waals surface area (Å²) in [6.45, 7) is 11.1. The highest BCUT2D eigenvalue weighted by Gasteiger charge is 2.43. The van der Waals surface area contributed by atoms with Gasteiger partial charge in [-0.2, -0.15) is 0 Å². The lowest BCUT2D eigenvalue weighted by atomic mass is 9.77. The SMILES string of the molecule is Cc1cn2cc(-c3cc4sc(NC5CC(C)(C)N(C)C(C)(C)C5)nc4cn3)cc(F)c2n1. The molecule has 0 unspecified atom stereocenters. The molecule has 1 saturated heterocycles. The van der Waals surface area contributed by atoms with E-state index in [0.29, 0.717) is 11.7 Å². The zero-order chi connectivity index (χ0) is 22.8. The van der Waals surface area contributed by atoms with Crippen LogP contribution < -0.4 is 5.32 Å². The van der Waals surface area contributed by atoms with Gasteiger partial charge in [-0.15, -0.1) is 0 Å². The molecule has 32 heavy (non-hydrogen) atoms. The minimum atomic E-state index is -0.350. The number of piperidine rings is 1. The van der Waals surface area contributed by atoms with Gasteiger partial charge in [-0.05, 0) is 66.6 Å². The van der Waals surface area contributed by atoms with Crippen LogP contribution in [-0.2, 0) is 0 Å². The zero-order valence-electron chi connectivity index (χ0n) is 19.4. The molecular formula is C24H29FN6S. The fourth-order valence-corrected chi connectivity index (χ4v) is 5.97. The van der Waals surface area contributed by atoms with Crippen molar-refractivity contribution in [3.8, 4) is 11.3 Å². The van der Waals surface area contributed by atoms with Crippen LogP contribution in [0.2, 0.25) is 0 Å². The monoisotopic (exact) mass is 452 g/mol. The number of hydrogen-bond acceptors (Lipinski definition) is 6. The molecule has 0 saturated carbocycles. The fourth-order valence-electron chi connectivity index (χ4n) is 5.02. The molecule has 5 rings (SSSR count). The Kier molecular flexibility index (Phi) is 4.80. The molecule has 0 bridgehead atoms. The number of aryl methyl sites for hydroxylation is 1. The van der Waals surface area contributed by atoms with Crippen molar-refractivity contribution in [2.45, 2.75) is 64.6 Å². The summed E-state index contributed by atoms with van der Waals surface area (Å²) in [5, 5.41) is 4.59. The van der Waals surface area contributed by atoms with E-state index in [9.17, 15) is 4.39 Å². The first-order valence-corrected chi connectivity index (χ1v) is 11.8. The number of aromatic nitrogens is 4. The molecule has 0 aromatic carbocycles. The van der Waals surface area contributed by atoms with Gasteiger partial charge in [0, 0.05) is 35.1 Å². The van der Waals surface area contributed by atoms with Gasteiger partial charge in [0.05, 0.1) is 22.3 Å². The zero-order valence-corrected chi connectivity index (χ0v) is 20.2. The normalized spacial score (nSPS) is 19.1. The number of rotatable bonds is 3. The topological polar surface area (TPSA) is 58.4 Å². The summed E-state index contributed by atoms with van der Waals surface area (Å²) in [6, 6.07) is 3.84. The molecule has 1 aliphatic heterocycles. The van der Waals surface area contributed by atoms with E-state index < -0.39 is 0 Å². The summed E-state index contributed by atoms with van der Waals surface area (Å²) in [6.07, 6.45) is 7.57. The highest BCUT2D eigenvalue weighted by molar-refractivity contribution is 7.22. The largest absolute Gasteiger partial charge is 0.359 e. The number of nitrogens with one attached hydrogen (secondary N) is 1. The number of anilines is 1. The van der Waals surface area contributed by atoms with Gasteiger partial charge in [-0.25, -0.2) is 14.4 Å². The Morgan fingerprint density at radius 2 is 1.81 bits per heavy atom. The van der Waals surface area contributed by atoms with Gasteiger partial charge in [0.15, 0.2) is 16.6 Å². The molecule has 0 spiro atoms. The van der Waals surface area contributed by atoms with Crippen LogP contribution in [0.3, 0.4) is 0 Å². The maximum atomic E-state index is 14.5. The number of nitrogens with zero attached hydrogens (tertiary/aromatic N) is 5. The van der Waals surface area contributed by atoms with E-state index in [0.717, 1.165) is 45.1 Å². The Morgan fingerprint density at radius 1 is 1.09 bits per heavy atom. The lowest BCUT2D eigenvalue weighted by molar-refractivity contribution is -0.00767. The highest BCUT2D eigenvalue weighted by Crippen LogP contribution is 2.39. The lowest BCUT2D eigenvalue weighted by Crippen LogP contribution is -2.61. The van der Waals surface area contributed by atoms with Crippen LogP contribution in [0.15, 0.2) is 30.7 Å². The second-order valence-electron chi connectivity index (χ2n) is 10.2. The number of pyridine rings is 2. The molecule has 168 valence electrons. The number of likely N-dealkylation sites (tertiary alicyclic amines) is 1. The third kappa shape index (κ3) is 3.65. The fraction of sp³-hybridized carbons (Fsp3) is 0.458. The quantitative estimate of drug-likeness (QED) is 0.444. The molecule has 4 aromatic rings. The lowest BCUT2D eigenvalue weighted by Gasteiger charge is -2.53. The van der Waals surface area contributed by atoms with Crippen LogP contribution in [0.5, 0.6) is 0 Å². The third-order valence-electron chi connectivity index (χ3n) is 6.83. The van der Waals surface area contributed by atoms with Gasteiger partial charge in [-0.1, -0.05) is 11.3 Å². The molecule has 5 heterocycles. The Hall–Kier alpha value is -2.58. The second-order valence-corrected chi connectivity index (χ2v) is 11.2. The first-order chi connectivity index (χ1) is 15.0. The van der Waals surface area contributed by atoms with Crippen molar-refractivity contribution in [3.05, 3.63) is 42.2 Å². The minimum Gasteiger partial charge on any atom is -0.359 e. The second kappa shape index (κ2) is 7.22. The number of imidazole rings is 1. The minimum absolute atomic E-state index is 0.110. The number of fused-ring (bicyclic) bond motifs is 2. The van der Waals surface area contributed by atoms with E-state index in [1.807, 2.05) is 25.4 Å². The Bertz CT molecular complexity index is 1300. The molecule has 4 aromatic heterocycles. The van der Waals surface area contributed by atoms with Gasteiger partial charge in [-0.3, -0.25) is 9.88 Å². The van der Waals surface area contributed by atoms with Crippen LogP contribution in [0.1, 0.15) is 46.2 Å². The summed E-state index contributed by atoms with van der Waals surface area (Å²) in [5.41, 5.74) is 3.63. The van der Waals surface area contributed by atoms with Crippen LogP contribution in [0.25, 0.3) is 27.1 Å². The molecule has 0 aliphatic carbocycles. The van der Waals surface area contributed by atoms with E-state index >= 15 is 0 Å². The summed E-state index contributed by atoms with van der Waals surface area (Å²) in [7, 11) is 2.21. The number of thiazole rings is 1. The maximum absolute atomic E-state index is 14.5. The Morgan fingerprint density at radius 3 is 2.53 bits per heavy atom. The summed E-state index contributed by atoms with van der Waals surface area (Å²) < 4.78 is 17.3. The summed E-state index contributed by atoms with van der Waals surface area (Å²) in [5.74, 6) is -0.350. The van der Waals surface area contributed by atoms with Crippen molar-refractivity contribution in [2.24, 2.45) is 0 Å². The van der Waals surface area contributed by atoms with Crippen molar-refractivity contribution < 1.29 is 4.39 Å². The van der Waals surface area contributed by atoms with E-state index in [1.54, 1.807) is 21.9 Å². The third-order valence-corrected chi connectivity index (χ3v) is 7.78. The molecule has 6 nitrogen and oxygen atoms in total. The predicted octanol–water partition coefficient (Wildman–Crippen LogP) is 5.52. The number of halogens is 1. The van der Waals surface area contributed by atoms with Crippen molar-refractivity contribution >= 4 is 32.3 Å². The molecule has 1 fully saturated rings. The van der Waals surface area contributed by atoms with Crippen molar-refractivity contribution in [2.75, 3.05) is 12.4 Å². The van der Waals surface area contributed by atoms with Crippen LogP contribution in [0.4, 0.5) is 9.52 Å². The average Bonchev–Trinajstić information content (AvgIpc) is 3.27. The smallest absolute Gasteiger partial charge is 0.184 e. The van der Waals surface area contributed by atoms with Gasteiger partial charge in [0.2, 0.25) is 0 Å². The first-order valence-electron chi connectivity index (χ1n) is 10.9. The maximum Gasteiger partial charge on any atom is 0.184 e. The van der Waals surface area contributed by atoms with Gasteiger partial charge < -0.3 is 9.72 Å². The molecule has 0 amide bonds. The van der Waals surface area contributed by atoms with Gasteiger partial charge in [0.1, 0.15) is 5.52 Å². The van der Waals surface area contributed by atoms with E-state index in [4.69, 9.17) is 4.98 Å². The average molecular weight is 453 g/mol. The van der Waals surface area contributed by atoms with E-state index in [2.05, 4.69) is 54.9 Å². The standard InChI is InChI=1S/C24H29FN6S/c1-14-12-31-13-15(7-17(25)21(31)27-14)18-8-20-19(11-26-18)29-22(32-20)28-16-9-23(2,3)30(6)24(4,5)10-16/h7-8,11-13,16H,9-10H2,1-6H3,(H,28,29). The van der Waals surface area contributed by atoms with Crippen LogP contribution in [0, 0.1) is 12.7 Å². The highest BCUT2D eigenvalue weighted by atomic mass is 32.1. The van der Waals surface area contributed by atoms with Crippen LogP contribution >= 0.6 is 11.3 Å². The summed E-state index contributed by atoms with van der Waals surface area (Å²) >= 11 is 1.62. The van der Waals surface area contributed by atoms with E-state index in [-0.39, 0.29) is 16.9 Å². The molecule has 1 aliphatic rings. The Balaban J connectivity index is 1.44. The van der Waals surface area contributed by atoms with Gasteiger partial charge >= 0.3 is 0 Å². The van der Waals surface area contributed by atoms with Crippen molar-refractivity contribution in [1.29, 1.82) is 0 Å². The van der Waals surface area contributed by atoms with Crippen molar-refractivity contribution in [3.63, 3.8) is 0 Å². The molecule has 0 radical (unpaired) electrons. The van der Waals surface area contributed by atoms with Gasteiger partial charge in [0.25, 0.3) is 0 Å². The molecule has 8 heteroatoms. The van der Waals surface area contributed by atoms with E-state index in [1.165, 1.54) is 6.07 Å². The molecular weight excluding hydrogens is 423 g/mol. The summed E-state index contributed by atoms with van der Waals surface area (Å²) in [4.78, 5) is 16.0. The molecule has 1 N–H and O–H groups in total. The predicted molar refractivity (Wildman–Crippen MR) is 129 cm³/mol. The number of hydrogen-bond donors (Lipinski definition) is 1.